The highest BCUT2D eigenvalue weighted by Gasteiger charge is 2.34. The maximum atomic E-state index is 13.2. The van der Waals surface area contributed by atoms with Gasteiger partial charge in [0.05, 0.1) is 22.9 Å². The van der Waals surface area contributed by atoms with Crippen LogP contribution in [0.4, 0.5) is 18.3 Å². The zero-order valence-electron chi connectivity index (χ0n) is 15.4. The van der Waals surface area contributed by atoms with Gasteiger partial charge in [0.25, 0.3) is 5.91 Å². The van der Waals surface area contributed by atoms with Crippen molar-refractivity contribution in [2.45, 2.75) is 6.18 Å². The van der Waals surface area contributed by atoms with Crippen LogP contribution in [-0.2, 0) is 6.18 Å². The van der Waals surface area contributed by atoms with Crippen LogP contribution < -0.4 is 9.64 Å². The average molecular weight is 422 g/mol. The number of fused-ring (bicyclic) bond motifs is 1. The molecule has 10 heteroatoms. The van der Waals surface area contributed by atoms with E-state index in [1.54, 1.807) is 29.3 Å². The molecule has 0 radical (unpaired) electrons. The molecule has 0 bridgehead atoms. The number of piperazine rings is 1. The quantitative estimate of drug-likeness (QED) is 0.645. The predicted molar refractivity (Wildman–Crippen MR) is 104 cm³/mol. The van der Waals surface area contributed by atoms with E-state index in [1.807, 2.05) is 4.90 Å². The number of anilines is 1. The van der Waals surface area contributed by atoms with Crippen LogP contribution in [0.3, 0.4) is 0 Å². The number of pyridine rings is 1. The topological polar surface area (TPSA) is 58.6 Å². The number of aromatic nitrogens is 2. The first-order valence-electron chi connectivity index (χ1n) is 8.88. The van der Waals surface area contributed by atoms with Gasteiger partial charge in [0.15, 0.2) is 5.13 Å². The second kappa shape index (κ2) is 7.51. The van der Waals surface area contributed by atoms with E-state index in [2.05, 4.69) is 9.97 Å². The molecule has 4 rings (SSSR count). The molecule has 1 aliphatic heterocycles. The lowest BCUT2D eigenvalue weighted by Gasteiger charge is -2.34. The van der Waals surface area contributed by atoms with Crippen molar-refractivity contribution in [2.24, 2.45) is 0 Å². The molecule has 0 saturated carbocycles. The number of benzene rings is 1. The summed E-state index contributed by atoms with van der Waals surface area (Å²) >= 11 is 1.23. The van der Waals surface area contributed by atoms with Crippen LogP contribution in [0.1, 0.15) is 15.9 Å². The van der Waals surface area contributed by atoms with Gasteiger partial charge in [0.1, 0.15) is 5.56 Å². The van der Waals surface area contributed by atoms with Crippen molar-refractivity contribution in [1.82, 2.24) is 14.9 Å². The monoisotopic (exact) mass is 422 g/mol. The van der Waals surface area contributed by atoms with Crippen LogP contribution in [0.25, 0.3) is 10.2 Å². The molecule has 1 saturated heterocycles. The fourth-order valence-corrected chi connectivity index (χ4v) is 4.33. The lowest BCUT2D eigenvalue weighted by molar-refractivity contribution is -0.136. The first-order chi connectivity index (χ1) is 13.9. The Bertz CT molecular complexity index is 1050. The molecule has 0 atom stereocenters. The van der Waals surface area contributed by atoms with Crippen LogP contribution in [0.2, 0.25) is 0 Å². The number of nitrogens with zero attached hydrogens (tertiary/aromatic N) is 4. The highest BCUT2D eigenvalue weighted by atomic mass is 32.1. The molecule has 2 aromatic heterocycles. The molecular weight excluding hydrogens is 405 g/mol. The number of hydrogen-bond donors (Lipinski definition) is 0. The minimum atomic E-state index is -4.45. The summed E-state index contributed by atoms with van der Waals surface area (Å²) < 4.78 is 45.3. The highest BCUT2D eigenvalue weighted by Crippen LogP contribution is 2.38. The third-order valence-corrected chi connectivity index (χ3v) is 5.83. The Morgan fingerprint density at radius 1 is 1.14 bits per heavy atom. The zero-order valence-corrected chi connectivity index (χ0v) is 16.3. The summed E-state index contributed by atoms with van der Waals surface area (Å²) in [6.45, 7) is 1.82. The number of halogens is 3. The summed E-state index contributed by atoms with van der Waals surface area (Å²) in [4.78, 5) is 24.7. The maximum absolute atomic E-state index is 13.2. The van der Waals surface area contributed by atoms with E-state index in [-0.39, 0.29) is 17.3 Å². The second-order valence-corrected chi connectivity index (χ2v) is 7.50. The molecule has 29 heavy (non-hydrogen) atoms. The largest absolute Gasteiger partial charge is 0.480 e. The number of alkyl halides is 3. The normalized spacial score (nSPS) is 15.0. The fraction of sp³-hybridized carbons (Fsp3) is 0.316. The maximum Gasteiger partial charge on any atom is 0.418 e. The Morgan fingerprint density at radius 3 is 2.59 bits per heavy atom. The van der Waals surface area contributed by atoms with Gasteiger partial charge in [-0.25, -0.2) is 9.97 Å². The first kappa shape index (κ1) is 19.4. The fourth-order valence-electron chi connectivity index (χ4n) is 3.29. The van der Waals surface area contributed by atoms with Gasteiger partial charge in [-0.3, -0.25) is 4.79 Å². The van der Waals surface area contributed by atoms with E-state index in [9.17, 15) is 18.0 Å². The van der Waals surface area contributed by atoms with Gasteiger partial charge in [0.2, 0.25) is 5.88 Å². The summed E-state index contributed by atoms with van der Waals surface area (Å²) in [7, 11) is 1.46. The number of rotatable bonds is 3. The molecule has 1 amide bonds. The number of carbonyl (C=O) groups is 1. The van der Waals surface area contributed by atoms with Crippen LogP contribution >= 0.6 is 11.3 Å². The van der Waals surface area contributed by atoms with Crippen LogP contribution in [-0.4, -0.2) is 54.1 Å². The Kier molecular flexibility index (Phi) is 5.03. The van der Waals surface area contributed by atoms with Gasteiger partial charge in [0, 0.05) is 32.4 Å². The number of carbonyl (C=O) groups excluding carboxylic acids is 1. The Morgan fingerprint density at radius 2 is 1.90 bits per heavy atom. The molecule has 6 nitrogen and oxygen atoms in total. The zero-order chi connectivity index (χ0) is 20.6. The van der Waals surface area contributed by atoms with E-state index in [0.717, 1.165) is 6.07 Å². The van der Waals surface area contributed by atoms with E-state index < -0.39 is 11.7 Å². The lowest BCUT2D eigenvalue weighted by Crippen LogP contribution is -2.48. The Balaban J connectivity index is 1.51. The third kappa shape index (κ3) is 3.71. The van der Waals surface area contributed by atoms with Crippen molar-refractivity contribution in [3.63, 3.8) is 0 Å². The summed E-state index contributed by atoms with van der Waals surface area (Å²) in [5.41, 5.74) is -0.369. The summed E-state index contributed by atoms with van der Waals surface area (Å²) in [6, 6.07) is 7.41. The van der Waals surface area contributed by atoms with Crippen molar-refractivity contribution < 1.29 is 22.7 Å². The van der Waals surface area contributed by atoms with Crippen LogP contribution in [0.15, 0.2) is 36.5 Å². The number of hydrogen-bond acceptors (Lipinski definition) is 6. The molecule has 152 valence electrons. The van der Waals surface area contributed by atoms with Crippen molar-refractivity contribution >= 4 is 32.6 Å². The van der Waals surface area contributed by atoms with Gasteiger partial charge in [-0.2, -0.15) is 13.2 Å². The van der Waals surface area contributed by atoms with E-state index in [1.165, 1.54) is 24.5 Å². The SMILES string of the molecule is COc1ncccc1C(=O)N1CCN(c2nc3c(C(F)(F)F)cccc3s2)CC1. The summed E-state index contributed by atoms with van der Waals surface area (Å²) in [6.07, 6.45) is -2.89. The van der Waals surface area contributed by atoms with Crippen molar-refractivity contribution in [2.75, 3.05) is 38.2 Å². The highest BCUT2D eigenvalue weighted by molar-refractivity contribution is 7.22. The van der Waals surface area contributed by atoms with Gasteiger partial charge in [-0.15, -0.1) is 0 Å². The van der Waals surface area contributed by atoms with Gasteiger partial charge >= 0.3 is 6.18 Å². The van der Waals surface area contributed by atoms with E-state index in [4.69, 9.17) is 4.74 Å². The molecule has 0 spiro atoms. The predicted octanol–water partition coefficient (Wildman–Crippen LogP) is 3.68. The molecule has 0 N–H and O–H groups in total. The van der Waals surface area contributed by atoms with Gasteiger partial charge in [-0.05, 0) is 24.3 Å². The average Bonchev–Trinajstić information content (AvgIpc) is 3.17. The van der Waals surface area contributed by atoms with E-state index in [0.29, 0.717) is 41.6 Å². The summed E-state index contributed by atoms with van der Waals surface area (Å²) in [5, 5.41) is 0.530. The van der Waals surface area contributed by atoms with Crippen molar-refractivity contribution in [3.05, 3.63) is 47.7 Å². The molecule has 3 heterocycles. The number of methoxy groups -OCH3 is 1. The van der Waals surface area contributed by atoms with Crippen molar-refractivity contribution in [3.8, 4) is 5.88 Å². The molecule has 1 fully saturated rings. The first-order valence-corrected chi connectivity index (χ1v) is 9.70. The molecule has 1 aromatic carbocycles. The number of para-hydroxylation sites is 1. The standard InChI is InChI=1S/C19H17F3N4O2S/c1-28-16-12(4-3-7-23-16)17(27)25-8-10-26(11-9-25)18-24-15-13(19(20,21)22)5-2-6-14(15)29-18/h2-7H,8-11H2,1H3. The van der Waals surface area contributed by atoms with Crippen LogP contribution in [0, 0.1) is 0 Å². The third-order valence-electron chi connectivity index (χ3n) is 4.75. The molecule has 3 aromatic rings. The van der Waals surface area contributed by atoms with Crippen LogP contribution in [0.5, 0.6) is 5.88 Å². The molecule has 1 aliphatic rings. The summed E-state index contributed by atoms with van der Waals surface area (Å²) in [5.74, 6) is 0.0871. The van der Waals surface area contributed by atoms with Gasteiger partial charge < -0.3 is 14.5 Å². The lowest BCUT2D eigenvalue weighted by atomic mass is 10.2. The smallest absolute Gasteiger partial charge is 0.418 e. The van der Waals surface area contributed by atoms with E-state index >= 15 is 0 Å². The van der Waals surface area contributed by atoms with Crippen molar-refractivity contribution in [1.29, 1.82) is 0 Å². The number of thiazole rings is 1. The number of amides is 1. The minimum Gasteiger partial charge on any atom is -0.480 e. The Hall–Kier alpha value is -2.88. The molecule has 0 unspecified atom stereocenters. The second-order valence-electron chi connectivity index (χ2n) is 6.49. The number of ether oxygens (including phenoxy) is 1. The molecule has 0 aliphatic carbocycles. The Labute approximate surface area is 168 Å². The minimum absolute atomic E-state index is 0.0291. The van der Waals surface area contributed by atoms with Gasteiger partial charge in [-0.1, -0.05) is 17.4 Å². The molecular formula is C19H17F3N4O2S.